The van der Waals surface area contributed by atoms with E-state index in [1.54, 1.807) is 6.07 Å². The fourth-order valence-electron chi connectivity index (χ4n) is 3.74. The minimum Gasteiger partial charge on any atom is -0.375 e. The van der Waals surface area contributed by atoms with Gasteiger partial charge in [0.2, 0.25) is 5.91 Å². The van der Waals surface area contributed by atoms with Crippen LogP contribution >= 0.6 is 0 Å². The number of carbonyl (C=O) groups is 2. The minimum absolute atomic E-state index is 0.0779. The van der Waals surface area contributed by atoms with E-state index >= 15 is 0 Å². The average Bonchev–Trinajstić information content (AvgIpc) is 2.63. The van der Waals surface area contributed by atoms with Gasteiger partial charge in [-0.25, -0.2) is 0 Å². The third-order valence-electron chi connectivity index (χ3n) is 5.39. The summed E-state index contributed by atoms with van der Waals surface area (Å²) in [5, 5.41) is 6.15. The van der Waals surface area contributed by atoms with Crippen LogP contribution in [0.1, 0.15) is 49.0 Å². The van der Waals surface area contributed by atoms with Crippen molar-refractivity contribution in [1.29, 1.82) is 0 Å². The molecule has 6 nitrogen and oxygen atoms in total. The Morgan fingerprint density at radius 2 is 2.08 bits per heavy atom. The Morgan fingerprint density at radius 1 is 1.27 bits per heavy atom. The number of amides is 2. The van der Waals surface area contributed by atoms with Crippen LogP contribution in [-0.2, 0) is 9.53 Å². The summed E-state index contributed by atoms with van der Waals surface area (Å²) in [4.78, 5) is 27.3. The van der Waals surface area contributed by atoms with Crippen LogP contribution in [-0.4, -0.2) is 54.6 Å². The SMILES string of the molecule is Cc1cc(C(=O)N2CCCCC2C)ccc1NC(=O)[C@H]1NCCO[C@@H]1C. The van der Waals surface area contributed by atoms with Crippen molar-refractivity contribution in [2.75, 3.05) is 25.0 Å². The first kappa shape index (κ1) is 18.9. The lowest BCUT2D eigenvalue weighted by atomic mass is 10.0. The molecule has 3 rings (SSSR count). The number of piperidine rings is 1. The molecular weight excluding hydrogens is 330 g/mol. The maximum atomic E-state index is 12.8. The van der Waals surface area contributed by atoms with Crippen molar-refractivity contribution >= 4 is 17.5 Å². The molecule has 2 amide bonds. The zero-order chi connectivity index (χ0) is 18.7. The van der Waals surface area contributed by atoms with E-state index in [9.17, 15) is 9.59 Å². The average molecular weight is 359 g/mol. The number of anilines is 1. The lowest BCUT2D eigenvalue weighted by Crippen LogP contribution is -2.53. The van der Waals surface area contributed by atoms with Crippen molar-refractivity contribution in [3.05, 3.63) is 29.3 Å². The zero-order valence-electron chi connectivity index (χ0n) is 15.9. The number of hydrogen-bond donors (Lipinski definition) is 2. The molecule has 0 radical (unpaired) electrons. The van der Waals surface area contributed by atoms with Gasteiger partial charge in [0.25, 0.3) is 5.91 Å². The van der Waals surface area contributed by atoms with E-state index in [2.05, 4.69) is 17.6 Å². The van der Waals surface area contributed by atoms with E-state index in [0.717, 1.165) is 30.6 Å². The van der Waals surface area contributed by atoms with Crippen molar-refractivity contribution in [2.24, 2.45) is 0 Å². The van der Waals surface area contributed by atoms with Crippen LogP contribution in [0.3, 0.4) is 0 Å². The van der Waals surface area contributed by atoms with E-state index < -0.39 is 0 Å². The predicted octanol–water partition coefficient (Wildman–Crippen LogP) is 2.33. The normalized spacial score (nSPS) is 26.4. The second-order valence-corrected chi connectivity index (χ2v) is 7.37. The van der Waals surface area contributed by atoms with Crippen molar-refractivity contribution in [3.63, 3.8) is 0 Å². The van der Waals surface area contributed by atoms with Gasteiger partial charge in [0.15, 0.2) is 0 Å². The number of benzene rings is 1. The molecular formula is C20H29N3O3. The Bertz CT molecular complexity index is 676. The number of nitrogens with zero attached hydrogens (tertiary/aromatic N) is 1. The largest absolute Gasteiger partial charge is 0.375 e. The van der Waals surface area contributed by atoms with E-state index in [0.29, 0.717) is 18.7 Å². The summed E-state index contributed by atoms with van der Waals surface area (Å²) in [5.74, 6) is -0.0295. The molecule has 3 atom stereocenters. The number of likely N-dealkylation sites (tertiary alicyclic amines) is 1. The number of ether oxygens (including phenoxy) is 1. The topological polar surface area (TPSA) is 70.7 Å². The molecule has 0 aliphatic carbocycles. The van der Waals surface area contributed by atoms with Gasteiger partial charge in [0.1, 0.15) is 6.04 Å². The summed E-state index contributed by atoms with van der Waals surface area (Å²) in [6.07, 6.45) is 3.16. The molecule has 2 N–H and O–H groups in total. The van der Waals surface area contributed by atoms with Crippen LogP contribution in [0.2, 0.25) is 0 Å². The molecule has 0 aromatic heterocycles. The molecule has 2 saturated heterocycles. The van der Waals surface area contributed by atoms with Gasteiger partial charge in [-0.1, -0.05) is 0 Å². The van der Waals surface area contributed by atoms with Crippen molar-refractivity contribution in [1.82, 2.24) is 10.2 Å². The Morgan fingerprint density at radius 3 is 2.77 bits per heavy atom. The molecule has 142 valence electrons. The Hall–Kier alpha value is -1.92. The van der Waals surface area contributed by atoms with Crippen molar-refractivity contribution < 1.29 is 14.3 Å². The van der Waals surface area contributed by atoms with Crippen molar-refractivity contribution in [3.8, 4) is 0 Å². The summed E-state index contributed by atoms with van der Waals surface area (Å²) in [7, 11) is 0. The highest BCUT2D eigenvalue weighted by atomic mass is 16.5. The first-order chi connectivity index (χ1) is 12.5. The fourth-order valence-corrected chi connectivity index (χ4v) is 3.74. The van der Waals surface area contributed by atoms with Crippen molar-refractivity contribution in [2.45, 2.75) is 58.2 Å². The van der Waals surface area contributed by atoms with E-state index in [4.69, 9.17) is 4.74 Å². The molecule has 1 unspecified atom stereocenters. The maximum absolute atomic E-state index is 12.8. The van der Waals surface area contributed by atoms with Gasteiger partial charge in [0.05, 0.1) is 12.7 Å². The zero-order valence-corrected chi connectivity index (χ0v) is 15.9. The van der Waals surface area contributed by atoms with Gasteiger partial charge >= 0.3 is 0 Å². The summed E-state index contributed by atoms with van der Waals surface area (Å²) in [5.41, 5.74) is 2.30. The second-order valence-electron chi connectivity index (χ2n) is 7.37. The van der Waals surface area contributed by atoms with Gasteiger partial charge in [-0.05, 0) is 63.8 Å². The van der Waals surface area contributed by atoms with Crippen LogP contribution in [0.15, 0.2) is 18.2 Å². The van der Waals surface area contributed by atoms with E-state index in [-0.39, 0.29) is 30.0 Å². The monoisotopic (exact) mass is 359 g/mol. The Kier molecular flexibility index (Phi) is 5.94. The molecule has 6 heteroatoms. The van der Waals surface area contributed by atoms with Gasteiger partial charge in [0, 0.05) is 30.4 Å². The summed E-state index contributed by atoms with van der Waals surface area (Å²) < 4.78 is 5.53. The molecule has 0 saturated carbocycles. The molecule has 2 aliphatic heterocycles. The number of nitrogens with one attached hydrogen (secondary N) is 2. The molecule has 2 aliphatic rings. The minimum atomic E-state index is -0.362. The highest BCUT2D eigenvalue weighted by Gasteiger charge is 2.29. The second kappa shape index (κ2) is 8.18. The lowest BCUT2D eigenvalue weighted by Gasteiger charge is -2.33. The van der Waals surface area contributed by atoms with E-state index in [1.807, 2.05) is 30.9 Å². The number of morpholine rings is 1. The van der Waals surface area contributed by atoms with Crippen LogP contribution in [0, 0.1) is 6.92 Å². The molecule has 2 fully saturated rings. The standard InChI is InChI=1S/C20H29N3O3/c1-13-12-16(20(25)23-10-5-4-6-14(23)2)7-8-17(13)22-19(24)18-15(3)26-11-9-21-18/h7-8,12,14-15,18,21H,4-6,9-11H2,1-3H3,(H,22,24)/t14?,15-,18+/m1/s1. The highest BCUT2D eigenvalue weighted by molar-refractivity contribution is 5.98. The lowest BCUT2D eigenvalue weighted by molar-refractivity contribution is -0.123. The Balaban J connectivity index is 1.69. The molecule has 26 heavy (non-hydrogen) atoms. The predicted molar refractivity (Wildman–Crippen MR) is 101 cm³/mol. The number of aryl methyl sites for hydroxylation is 1. The maximum Gasteiger partial charge on any atom is 0.254 e. The molecule has 1 aromatic rings. The van der Waals surface area contributed by atoms with Crippen LogP contribution in [0.25, 0.3) is 0 Å². The third-order valence-corrected chi connectivity index (χ3v) is 5.39. The number of hydrogen-bond acceptors (Lipinski definition) is 4. The van der Waals surface area contributed by atoms with Crippen LogP contribution in [0.5, 0.6) is 0 Å². The van der Waals surface area contributed by atoms with E-state index in [1.165, 1.54) is 6.42 Å². The van der Waals surface area contributed by atoms with Gasteiger partial charge < -0.3 is 20.3 Å². The smallest absolute Gasteiger partial charge is 0.254 e. The summed E-state index contributed by atoms with van der Waals surface area (Å²) >= 11 is 0. The fraction of sp³-hybridized carbons (Fsp3) is 0.600. The van der Waals surface area contributed by atoms with Crippen LogP contribution in [0.4, 0.5) is 5.69 Å². The first-order valence-corrected chi connectivity index (χ1v) is 9.55. The van der Waals surface area contributed by atoms with Gasteiger partial charge in [-0.3, -0.25) is 9.59 Å². The summed E-state index contributed by atoms with van der Waals surface area (Å²) in [6.45, 7) is 8.03. The molecule has 0 bridgehead atoms. The third kappa shape index (κ3) is 4.07. The molecule has 0 spiro atoms. The molecule has 2 heterocycles. The van der Waals surface area contributed by atoms with Gasteiger partial charge in [-0.2, -0.15) is 0 Å². The number of rotatable bonds is 3. The van der Waals surface area contributed by atoms with Gasteiger partial charge in [-0.15, -0.1) is 0 Å². The summed E-state index contributed by atoms with van der Waals surface area (Å²) in [6, 6.07) is 5.42. The quantitative estimate of drug-likeness (QED) is 0.869. The first-order valence-electron chi connectivity index (χ1n) is 9.55. The molecule has 1 aromatic carbocycles. The Labute approximate surface area is 155 Å². The number of carbonyl (C=O) groups excluding carboxylic acids is 2. The highest BCUT2D eigenvalue weighted by Crippen LogP contribution is 2.22. The van der Waals surface area contributed by atoms with Crippen LogP contribution < -0.4 is 10.6 Å².